The predicted octanol–water partition coefficient (Wildman–Crippen LogP) is 1.57. The van der Waals surface area contributed by atoms with Crippen LogP contribution in [0.4, 0.5) is 0 Å². The molecule has 1 heterocycles. The first-order chi connectivity index (χ1) is 6.56. The average Bonchev–Trinajstić information content (AvgIpc) is 2.45. The molecule has 1 aliphatic rings. The second-order valence-corrected chi connectivity index (χ2v) is 4.63. The Morgan fingerprint density at radius 2 is 2.21 bits per heavy atom. The summed E-state index contributed by atoms with van der Waals surface area (Å²) in [6.45, 7) is 6.71. The van der Waals surface area contributed by atoms with Crippen LogP contribution in [0.5, 0.6) is 0 Å². The predicted molar refractivity (Wildman–Crippen MR) is 53.5 cm³/mol. The zero-order chi connectivity index (χ0) is 10.7. The van der Waals surface area contributed by atoms with E-state index in [1.807, 2.05) is 6.92 Å². The first-order valence-electron chi connectivity index (χ1n) is 5.25. The van der Waals surface area contributed by atoms with Gasteiger partial charge >= 0.3 is 0 Å². The number of hydrogen-bond donors (Lipinski definition) is 1. The van der Waals surface area contributed by atoms with Crippen LogP contribution in [0.1, 0.15) is 27.2 Å². The fraction of sp³-hybridized carbons (Fsp3) is 0.909. The summed E-state index contributed by atoms with van der Waals surface area (Å²) >= 11 is 0. The van der Waals surface area contributed by atoms with Gasteiger partial charge in [0.1, 0.15) is 0 Å². The van der Waals surface area contributed by atoms with E-state index in [9.17, 15) is 5.11 Å². The van der Waals surface area contributed by atoms with Gasteiger partial charge in [0.15, 0.2) is 0 Å². The lowest BCUT2D eigenvalue weighted by molar-refractivity contribution is -0.0205. The number of rotatable bonds is 3. The third kappa shape index (κ3) is 2.46. The van der Waals surface area contributed by atoms with Crippen LogP contribution < -0.4 is 0 Å². The minimum Gasteiger partial charge on any atom is -0.390 e. The summed E-state index contributed by atoms with van der Waals surface area (Å²) in [7, 11) is 0. The van der Waals surface area contributed by atoms with Gasteiger partial charge in [-0.25, -0.2) is 0 Å². The third-order valence-corrected chi connectivity index (χ3v) is 2.76. The van der Waals surface area contributed by atoms with Crippen molar-refractivity contribution in [1.82, 2.24) is 0 Å². The minimum absolute atomic E-state index is 0.149. The molecular weight excluding hydrogens is 178 g/mol. The molecule has 14 heavy (non-hydrogen) atoms. The highest BCUT2D eigenvalue weighted by Gasteiger charge is 2.39. The largest absolute Gasteiger partial charge is 0.390 e. The lowest BCUT2D eigenvalue weighted by atomic mass is 9.88. The molecule has 3 nitrogen and oxygen atoms in total. The van der Waals surface area contributed by atoms with Crippen LogP contribution in [-0.2, 0) is 4.74 Å². The molecule has 1 rings (SSSR count). The summed E-state index contributed by atoms with van der Waals surface area (Å²) in [5.74, 6) is 0.527. The zero-order valence-electron chi connectivity index (χ0n) is 9.10. The number of hydrogen-bond acceptors (Lipinski definition) is 3. The Morgan fingerprint density at radius 1 is 1.57 bits per heavy atom. The van der Waals surface area contributed by atoms with E-state index in [0.29, 0.717) is 18.9 Å². The van der Waals surface area contributed by atoms with Gasteiger partial charge in [-0.15, -0.1) is 0 Å². The Balaban J connectivity index is 2.56. The molecule has 0 amide bonds. The van der Waals surface area contributed by atoms with Gasteiger partial charge in [0.05, 0.1) is 30.8 Å². The van der Waals surface area contributed by atoms with Crippen LogP contribution in [-0.4, -0.2) is 23.9 Å². The minimum atomic E-state index is -0.496. The second-order valence-electron chi connectivity index (χ2n) is 4.63. The van der Waals surface area contributed by atoms with Gasteiger partial charge in [0.2, 0.25) is 0 Å². The number of aliphatic hydroxyl groups excluding tert-OH is 1. The molecule has 4 atom stereocenters. The molecule has 3 heteroatoms. The second kappa shape index (κ2) is 4.77. The van der Waals surface area contributed by atoms with Gasteiger partial charge in [-0.3, -0.25) is 0 Å². The molecule has 80 valence electrons. The van der Waals surface area contributed by atoms with Crippen molar-refractivity contribution in [3.63, 3.8) is 0 Å². The maximum Gasteiger partial charge on any atom is 0.0995 e. The zero-order valence-corrected chi connectivity index (χ0v) is 9.10. The van der Waals surface area contributed by atoms with Crippen molar-refractivity contribution in [1.29, 1.82) is 5.26 Å². The molecule has 0 aliphatic carbocycles. The van der Waals surface area contributed by atoms with Gasteiger partial charge in [0.25, 0.3) is 0 Å². The normalized spacial score (nSPS) is 34.4. The fourth-order valence-electron chi connectivity index (χ4n) is 1.96. The van der Waals surface area contributed by atoms with Crippen molar-refractivity contribution in [3.05, 3.63) is 0 Å². The average molecular weight is 197 g/mol. The molecule has 0 aromatic rings. The van der Waals surface area contributed by atoms with Crippen LogP contribution in [0.2, 0.25) is 0 Å². The summed E-state index contributed by atoms with van der Waals surface area (Å²) in [5, 5.41) is 18.8. The molecule has 1 saturated heterocycles. The van der Waals surface area contributed by atoms with Crippen molar-refractivity contribution < 1.29 is 9.84 Å². The van der Waals surface area contributed by atoms with Crippen LogP contribution >= 0.6 is 0 Å². The molecule has 0 radical (unpaired) electrons. The number of aliphatic hydroxyl groups is 1. The SMILES string of the molecule is CC(C)CC(O)C1OCC(C)C1C#N. The highest BCUT2D eigenvalue weighted by Crippen LogP contribution is 2.30. The lowest BCUT2D eigenvalue weighted by Crippen LogP contribution is -2.32. The van der Waals surface area contributed by atoms with E-state index in [0.717, 1.165) is 0 Å². The van der Waals surface area contributed by atoms with Crippen molar-refractivity contribution in [2.45, 2.75) is 39.4 Å². The van der Waals surface area contributed by atoms with Crippen LogP contribution in [0.3, 0.4) is 0 Å². The molecule has 1 N–H and O–H groups in total. The third-order valence-electron chi connectivity index (χ3n) is 2.76. The maximum atomic E-state index is 9.86. The van der Waals surface area contributed by atoms with Crippen LogP contribution in [0.15, 0.2) is 0 Å². The number of ether oxygens (including phenoxy) is 1. The quantitative estimate of drug-likeness (QED) is 0.747. The Kier molecular flexibility index (Phi) is 3.91. The Morgan fingerprint density at radius 3 is 2.71 bits per heavy atom. The van der Waals surface area contributed by atoms with Crippen LogP contribution in [0, 0.1) is 29.1 Å². The van der Waals surface area contributed by atoms with Gasteiger partial charge < -0.3 is 9.84 Å². The summed E-state index contributed by atoms with van der Waals surface area (Å²) in [4.78, 5) is 0. The number of nitrogens with zero attached hydrogens (tertiary/aromatic N) is 1. The van der Waals surface area contributed by atoms with Crippen molar-refractivity contribution >= 4 is 0 Å². The summed E-state index contributed by atoms with van der Waals surface area (Å²) in [6, 6.07) is 2.23. The number of nitriles is 1. The Bertz CT molecular complexity index is 222. The first-order valence-corrected chi connectivity index (χ1v) is 5.25. The van der Waals surface area contributed by atoms with Gasteiger partial charge in [-0.1, -0.05) is 20.8 Å². The lowest BCUT2D eigenvalue weighted by Gasteiger charge is -2.22. The van der Waals surface area contributed by atoms with Gasteiger partial charge in [0, 0.05) is 0 Å². The van der Waals surface area contributed by atoms with Gasteiger partial charge in [-0.2, -0.15) is 5.26 Å². The molecule has 0 aromatic carbocycles. The standard InChI is InChI=1S/C11H19NO2/c1-7(2)4-10(13)11-9(5-12)8(3)6-14-11/h7-11,13H,4,6H2,1-3H3. The fourth-order valence-corrected chi connectivity index (χ4v) is 1.96. The molecule has 0 saturated carbocycles. The Labute approximate surface area is 85.7 Å². The molecule has 4 unspecified atom stereocenters. The molecule has 0 spiro atoms. The molecule has 0 aromatic heterocycles. The smallest absolute Gasteiger partial charge is 0.0995 e. The van der Waals surface area contributed by atoms with Crippen molar-refractivity contribution in [3.8, 4) is 6.07 Å². The summed E-state index contributed by atoms with van der Waals surface area (Å²) in [5.41, 5.74) is 0. The monoisotopic (exact) mass is 197 g/mol. The van der Waals surface area contributed by atoms with E-state index < -0.39 is 6.10 Å². The molecule has 1 fully saturated rings. The van der Waals surface area contributed by atoms with Crippen LogP contribution in [0.25, 0.3) is 0 Å². The summed E-state index contributed by atoms with van der Waals surface area (Å²) < 4.78 is 5.46. The molecular formula is C11H19NO2. The highest BCUT2D eigenvalue weighted by molar-refractivity contribution is 4.98. The summed E-state index contributed by atoms with van der Waals surface area (Å²) in [6.07, 6.45) is -0.0720. The van der Waals surface area contributed by atoms with E-state index in [2.05, 4.69) is 19.9 Å². The van der Waals surface area contributed by atoms with Crippen molar-refractivity contribution in [2.75, 3.05) is 6.61 Å². The van der Waals surface area contributed by atoms with Crippen molar-refractivity contribution in [2.24, 2.45) is 17.8 Å². The van der Waals surface area contributed by atoms with E-state index in [1.165, 1.54) is 0 Å². The first kappa shape index (κ1) is 11.5. The maximum absolute atomic E-state index is 9.86. The Hall–Kier alpha value is -0.590. The highest BCUT2D eigenvalue weighted by atomic mass is 16.5. The van der Waals surface area contributed by atoms with E-state index >= 15 is 0 Å². The topological polar surface area (TPSA) is 53.2 Å². The molecule has 1 aliphatic heterocycles. The molecule has 0 bridgehead atoms. The van der Waals surface area contributed by atoms with Gasteiger partial charge in [-0.05, 0) is 18.3 Å². The van der Waals surface area contributed by atoms with E-state index in [1.54, 1.807) is 0 Å². The van der Waals surface area contributed by atoms with E-state index in [-0.39, 0.29) is 17.9 Å². The van der Waals surface area contributed by atoms with E-state index in [4.69, 9.17) is 10.00 Å².